The van der Waals surface area contributed by atoms with Crippen LogP contribution in [-0.4, -0.2) is 47.7 Å². The van der Waals surface area contributed by atoms with Gasteiger partial charge in [0.2, 0.25) is 0 Å². The average Bonchev–Trinajstić information content (AvgIpc) is 2.29. The summed E-state index contributed by atoms with van der Waals surface area (Å²) in [6.07, 6.45) is 1.33. The van der Waals surface area contributed by atoms with Crippen LogP contribution in [0.25, 0.3) is 0 Å². The monoisotopic (exact) mass is 235 g/mol. The summed E-state index contributed by atoms with van der Waals surface area (Å²) in [7, 11) is 2.15. The first kappa shape index (κ1) is 12.3. The largest absolute Gasteiger partial charge is 0.389 e. The molecule has 1 fully saturated rings. The predicted molar refractivity (Wildman–Crippen MR) is 69.2 cm³/mol. The summed E-state index contributed by atoms with van der Waals surface area (Å²) in [6.45, 7) is 7.14. The van der Waals surface area contributed by atoms with Gasteiger partial charge in [-0.3, -0.25) is 0 Å². The summed E-state index contributed by atoms with van der Waals surface area (Å²) in [4.78, 5) is 9.11. The van der Waals surface area contributed by atoms with Gasteiger partial charge in [-0.05, 0) is 32.5 Å². The summed E-state index contributed by atoms with van der Waals surface area (Å²) in [5.74, 6) is 1.01. The molecule has 0 bridgehead atoms. The molecule has 2 heterocycles. The van der Waals surface area contributed by atoms with Crippen molar-refractivity contribution in [2.24, 2.45) is 0 Å². The molecule has 4 nitrogen and oxygen atoms in total. The molecular weight excluding hydrogens is 214 g/mol. The maximum Gasteiger partial charge on any atom is 0.128 e. The Hall–Kier alpha value is -1.13. The first-order valence-electron chi connectivity index (χ1n) is 6.17. The molecule has 1 aliphatic rings. The van der Waals surface area contributed by atoms with Crippen LogP contribution in [-0.2, 0) is 0 Å². The number of rotatable bonds is 2. The standard InChI is InChI=1S/C13H21N3O/c1-10-9-15(3)6-7-16(10)13-5-4-12(8-14-13)11(2)17/h4-5,8,10-11,17H,6-7,9H2,1-3H3/t10?,11-/m1/s1. The van der Waals surface area contributed by atoms with E-state index in [0.717, 1.165) is 31.0 Å². The van der Waals surface area contributed by atoms with Crippen molar-refractivity contribution in [2.45, 2.75) is 26.0 Å². The lowest BCUT2D eigenvalue weighted by Gasteiger charge is -2.39. The molecule has 2 atom stereocenters. The normalized spacial score (nSPS) is 23.8. The molecule has 1 aromatic heterocycles. The van der Waals surface area contributed by atoms with Crippen LogP contribution in [0, 0.1) is 0 Å². The highest BCUT2D eigenvalue weighted by atomic mass is 16.3. The zero-order valence-electron chi connectivity index (χ0n) is 10.8. The van der Waals surface area contributed by atoms with E-state index >= 15 is 0 Å². The van der Waals surface area contributed by atoms with Crippen molar-refractivity contribution in [3.05, 3.63) is 23.9 Å². The quantitative estimate of drug-likeness (QED) is 0.838. The second-order valence-electron chi connectivity index (χ2n) is 4.93. The van der Waals surface area contributed by atoms with E-state index < -0.39 is 6.10 Å². The van der Waals surface area contributed by atoms with Crippen LogP contribution in [0.5, 0.6) is 0 Å². The smallest absolute Gasteiger partial charge is 0.128 e. The second-order valence-corrected chi connectivity index (χ2v) is 4.93. The van der Waals surface area contributed by atoms with Gasteiger partial charge in [0.1, 0.15) is 5.82 Å². The van der Waals surface area contributed by atoms with Crippen molar-refractivity contribution in [3.63, 3.8) is 0 Å². The maximum absolute atomic E-state index is 9.45. The molecular formula is C13H21N3O. The maximum atomic E-state index is 9.45. The zero-order chi connectivity index (χ0) is 12.4. The van der Waals surface area contributed by atoms with Gasteiger partial charge in [0, 0.05) is 31.9 Å². The number of anilines is 1. The van der Waals surface area contributed by atoms with Crippen molar-refractivity contribution in [2.75, 3.05) is 31.6 Å². The first-order chi connectivity index (χ1) is 8.08. The summed E-state index contributed by atoms with van der Waals surface area (Å²) in [6, 6.07) is 4.45. The number of likely N-dealkylation sites (N-methyl/N-ethyl adjacent to an activating group) is 1. The van der Waals surface area contributed by atoms with Crippen molar-refractivity contribution in [3.8, 4) is 0 Å². The van der Waals surface area contributed by atoms with E-state index in [1.165, 1.54) is 0 Å². The highest BCUT2D eigenvalue weighted by Crippen LogP contribution is 2.19. The number of aromatic nitrogens is 1. The van der Waals surface area contributed by atoms with E-state index in [4.69, 9.17) is 0 Å². The molecule has 0 amide bonds. The molecule has 17 heavy (non-hydrogen) atoms. The Bertz CT molecular complexity index is 363. The Morgan fingerprint density at radius 3 is 2.71 bits per heavy atom. The Morgan fingerprint density at radius 2 is 2.18 bits per heavy atom. The van der Waals surface area contributed by atoms with E-state index in [-0.39, 0.29) is 0 Å². The lowest BCUT2D eigenvalue weighted by atomic mass is 10.1. The van der Waals surface area contributed by atoms with Crippen LogP contribution in [0.2, 0.25) is 0 Å². The predicted octanol–water partition coefficient (Wildman–Crippen LogP) is 1.28. The molecule has 0 aliphatic carbocycles. The van der Waals surface area contributed by atoms with Crippen LogP contribution in [0.4, 0.5) is 5.82 Å². The Balaban J connectivity index is 2.11. The molecule has 0 spiro atoms. The van der Waals surface area contributed by atoms with Gasteiger partial charge in [0.15, 0.2) is 0 Å². The molecule has 0 radical (unpaired) electrons. The molecule has 1 N–H and O–H groups in total. The molecule has 1 aliphatic heterocycles. The fourth-order valence-corrected chi connectivity index (χ4v) is 2.29. The van der Waals surface area contributed by atoms with E-state index in [2.05, 4.69) is 28.8 Å². The van der Waals surface area contributed by atoms with Gasteiger partial charge in [-0.25, -0.2) is 4.98 Å². The van der Waals surface area contributed by atoms with Gasteiger partial charge in [0.25, 0.3) is 0 Å². The van der Waals surface area contributed by atoms with Crippen molar-refractivity contribution < 1.29 is 5.11 Å². The van der Waals surface area contributed by atoms with Crippen LogP contribution in [0.1, 0.15) is 25.5 Å². The fraction of sp³-hybridized carbons (Fsp3) is 0.615. The Morgan fingerprint density at radius 1 is 1.41 bits per heavy atom. The SMILES string of the molecule is CC1CN(C)CCN1c1ccc([C@@H](C)O)cn1. The van der Waals surface area contributed by atoms with Gasteiger partial charge in [-0.2, -0.15) is 0 Å². The second kappa shape index (κ2) is 5.02. The summed E-state index contributed by atoms with van der Waals surface area (Å²) in [5.41, 5.74) is 0.871. The van der Waals surface area contributed by atoms with Crippen molar-refractivity contribution in [1.82, 2.24) is 9.88 Å². The lowest BCUT2D eigenvalue weighted by molar-refractivity contribution is 0.199. The molecule has 94 valence electrons. The number of aliphatic hydroxyl groups is 1. The average molecular weight is 235 g/mol. The van der Waals surface area contributed by atoms with E-state index in [1.807, 2.05) is 12.1 Å². The van der Waals surface area contributed by atoms with Crippen molar-refractivity contribution in [1.29, 1.82) is 0 Å². The number of aliphatic hydroxyl groups excluding tert-OH is 1. The topological polar surface area (TPSA) is 39.6 Å². The molecule has 1 saturated heterocycles. The van der Waals surface area contributed by atoms with Gasteiger partial charge in [-0.15, -0.1) is 0 Å². The van der Waals surface area contributed by atoms with Crippen LogP contribution in [0.3, 0.4) is 0 Å². The number of hydrogen-bond acceptors (Lipinski definition) is 4. The third-order valence-electron chi connectivity index (χ3n) is 3.38. The highest BCUT2D eigenvalue weighted by Gasteiger charge is 2.22. The Kier molecular flexibility index (Phi) is 3.64. The fourth-order valence-electron chi connectivity index (χ4n) is 2.29. The third-order valence-corrected chi connectivity index (χ3v) is 3.38. The van der Waals surface area contributed by atoms with Crippen molar-refractivity contribution >= 4 is 5.82 Å². The number of pyridine rings is 1. The molecule has 1 aromatic rings. The van der Waals surface area contributed by atoms with Gasteiger partial charge in [0.05, 0.1) is 6.10 Å². The summed E-state index contributed by atoms with van der Waals surface area (Å²) in [5, 5.41) is 9.45. The number of piperazine rings is 1. The summed E-state index contributed by atoms with van der Waals surface area (Å²) < 4.78 is 0. The van der Waals surface area contributed by atoms with Crippen LogP contribution < -0.4 is 4.90 Å². The highest BCUT2D eigenvalue weighted by molar-refractivity contribution is 5.41. The first-order valence-corrected chi connectivity index (χ1v) is 6.17. The van der Waals surface area contributed by atoms with Gasteiger partial charge in [-0.1, -0.05) is 6.07 Å². The molecule has 0 aromatic carbocycles. The number of nitrogens with zero attached hydrogens (tertiary/aromatic N) is 3. The van der Waals surface area contributed by atoms with Gasteiger partial charge < -0.3 is 14.9 Å². The lowest BCUT2D eigenvalue weighted by Crippen LogP contribution is -2.50. The zero-order valence-corrected chi connectivity index (χ0v) is 10.8. The van der Waals surface area contributed by atoms with Crippen LogP contribution in [0.15, 0.2) is 18.3 Å². The minimum absolute atomic E-state index is 0.443. The minimum Gasteiger partial charge on any atom is -0.389 e. The Labute approximate surface area is 103 Å². The molecule has 4 heteroatoms. The van der Waals surface area contributed by atoms with E-state index in [1.54, 1.807) is 13.1 Å². The molecule has 0 saturated carbocycles. The third kappa shape index (κ3) is 2.76. The number of hydrogen-bond donors (Lipinski definition) is 1. The molecule has 1 unspecified atom stereocenters. The van der Waals surface area contributed by atoms with E-state index in [0.29, 0.717) is 6.04 Å². The van der Waals surface area contributed by atoms with Gasteiger partial charge >= 0.3 is 0 Å². The molecule has 2 rings (SSSR count). The summed E-state index contributed by atoms with van der Waals surface area (Å²) >= 11 is 0. The van der Waals surface area contributed by atoms with Crippen LogP contribution >= 0.6 is 0 Å². The van der Waals surface area contributed by atoms with E-state index in [9.17, 15) is 5.11 Å². The minimum atomic E-state index is -0.443.